The van der Waals surface area contributed by atoms with Gasteiger partial charge in [0.1, 0.15) is 5.75 Å². The van der Waals surface area contributed by atoms with E-state index in [0.717, 1.165) is 30.0 Å². The Bertz CT molecular complexity index is 848. The second-order valence-corrected chi connectivity index (χ2v) is 6.56. The molecule has 1 heterocycles. The van der Waals surface area contributed by atoms with E-state index in [-0.39, 0.29) is 23.9 Å². The Hall–Kier alpha value is -3.03. The lowest BCUT2D eigenvalue weighted by atomic mass is 10.1. The van der Waals surface area contributed by atoms with Crippen LogP contribution in [-0.2, 0) is 11.0 Å². The average Bonchev–Trinajstić information content (AvgIpc) is 3.06. The topological polar surface area (TPSA) is 58.6 Å². The molecule has 1 atom stereocenters. The molecule has 28 heavy (non-hydrogen) atoms. The van der Waals surface area contributed by atoms with E-state index in [1.54, 1.807) is 36.3 Å². The molecular formula is C20H19F3N2O3. The van der Waals surface area contributed by atoms with E-state index < -0.39 is 17.6 Å². The molecule has 1 unspecified atom stereocenters. The smallest absolute Gasteiger partial charge is 0.416 e. The summed E-state index contributed by atoms with van der Waals surface area (Å²) in [5.41, 5.74) is 0.0901. The Balaban J connectivity index is 1.56. The molecule has 0 bridgehead atoms. The summed E-state index contributed by atoms with van der Waals surface area (Å²) in [4.78, 5) is 26.1. The molecular weight excluding hydrogens is 373 g/mol. The van der Waals surface area contributed by atoms with Crippen LogP contribution in [0.5, 0.6) is 5.75 Å². The normalized spacial score (nSPS) is 16.9. The molecule has 1 aliphatic heterocycles. The van der Waals surface area contributed by atoms with Crippen molar-refractivity contribution in [3.8, 4) is 5.75 Å². The molecule has 0 radical (unpaired) electrons. The van der Waals surface area contributed by atoms with Crippen molar-refractivity contribution in [3.05, 3.63) is 59.7 Å². The number of carbonyl (C=O) groups excluding carboxylic acids is 2. The number of nitrogens with one attached hydrogen (secondary N) is 1. The number of hydrogen-bond acceptors (Lipinski definition) is 3. The third kappa shape index (κ3) is 4.44. The molecule has 2 aromatic rings. The first-order valence-electron chi connectivity index (χ1n) is 8.68. The van der Waals surface area contributed by atoms with Gasteiger partial charge in [0.05, 0.1) is 12.7 Å². The van der Waals surface area contributed by atoms with Crippen molar-refractivity contribution in [3.63, 3.8) is 0 Å². The molecule has 0 saturated carbocycles. The van der Waals surface area contributed by atoms with Gasteiger partial charge in [-0.3, -0.25) is 9.59 Å². The van der Waals surface area contributed by atoms with Crippen LogP contribution in [0.4, 0.5) is 18.9 Å². The van der Waals surface area contributed by atoms with Gasteiger partial charge in [-0.05, 0) is 48.5 Å². The standard InChI is InChI=1S/C20H19F3N2O3/c1-28-17-8-6-16(7-9-17)25-12-13(10-18(25)26)11-24-19(27)14-2-4-15(5-3-14)20(21,22)23/h2-9,13H,10-12H2,1H3,(H,24,27). The minimum Gasteiger partial charge on any atom is -0.497 e. The van der Waals surface area contributed by atoms with Gasteiger partial charge in [-0.15, -0.1) is 0 Å². The summed E-state index contributed by atoms with van der Waals surface area (Å²) in [6, 6.07) is 11.1. The molecule has 0 aromatic heterocycles. The Morgan fingerprint density at radius 3 is 2.36 bits per heavy atom. The number of carbonyl (C=O) groups is 2. The van der Waals surface area contributed by atoms with E-state index in [1.807, 2.05) is 0 Å². The predicted molar refractivity (Wildman–Crippen MR) is 97.2 cm³/mol. The van der Waals surface area contributed by atoms with E-state index in [9.17, 15) is 22.8 Å². The second kappa shape index (κ2) is 7.92. The first-order valence-corrected chi connectivity index (χ1v) is 8.68. The van der Waals surface area contributed by atoms with Crippen LogP contribution in [0.15, 0.2) is 48.5 Å². The van der Waals surface area contributed by atoms with Gasteiger partial charge in [-0.1, -0.05) is 0 Å². The lowest BCUT2D eigenvalue weighted by Gasteiger charge is -2.17. The molecule has 3 rings (SSSR count). The maximum absolute atomic E-state index is 12.6. The minimum absolute atomic E-state index is 0.0426. The highest BCUT2D eigenvalue weighted by Gasteiger charge is 2.32. The van der Waals surface area contributed by atoms with Gasteiger partial charge in [0, 0.05) is 36.7 Å². The monoisotopic (exact) mass is 392 g/mol. The molecule has 8 heteroatoms. The molecule has 2 aromatic carbocycles. The summed E-state index contributed by atoms with van der Waals surface area (Å²) in [7, 11) is 1.56. The SMILES string of the molecule is COc1ccc(N2CC(CNC(=O)c3ccc(C(F)(F)F)cc3)CC2=O)cc1. The minimum atomic E-state index is -4.44. The van der Waals surface area contributed by atoms with Crippen molar-refractivity contribution in [1.29, 1.82) is 0 Å². The summed E-state index contributed by atoms with van der Waals surface area (Å²) < 4.78 is 42.9. The van der Waals surface area contributed by atoms with Crippen molar-refractivity contribution in [2.45, 2.75) is 12.6 Å². The number of nitrogens with zero attached hydrogens (tertiary/aromatic N) is 1. The van der Waals surface area contributed by atoms with Crippen LogP contribution in [-0.4, -0.2) is 32.0 Å². The number of amides is 2. The maximum atomic E-state index is 12.6. The van der Waals surface area contributed by atoms with Crippen LogP contribution in [0, 0.1) is 5.92 Å². The Kier molecular flexibility index (Phi) is 5.58. The number of rotatable bonds is 5. The fourth-order valence-corrected chi connectivity index (χ4v) is 3.08. The Labute approximate surface area is 160 Å². The summed E-state index contributed by atoms with van der Waals surface area (Å²) in [5.74, 6) is 0.103. The summed E-state index contributed by atoms with van der Waals surface area (Å²) in [5, 5.41) is 2.69. The fraction of sp³-hybridized carbons (Fsp3) is 0.300. The molecule has 0 aliphatic carbocycles. The molecule has 1 N–H and O–H groups in total. The summed E-state index contributed by atoms with van der Waals surface area (Å²) in [6.07, 6.45) is -4.15. The zero-order chi connectivity index (χ0) is 20.3. The third-order valence-corrected chi connectivity index (χ3v) is 4.61. The zero-order valence-electron chi connectivity index (χ0n) is 15.1. The van der Waals surface area contributed by atoms with E-state index in [4.69, 9.17) is 4.74 Å². The second-order valence-electron chi connectivity index (χ2n) is 6.56. The van der Waals surface area contributed by atoms with Crippen LogP contribution in [0.25, 0.3) is 0 Å². The van der Waals surface area contributed by atoms with Crippen molar-refractivity contribution in [2.24, 2.45) is 5.92 Å². The number of halogens is 3. The van der Waals surface area contributed by atoms with Gasteiger partial charge in [-0.25, -0.2) is 0 Å². The summed E-state index contributed by atoms with van der Waals surface area (Å²) >= 11 is 0. The van der Waals surface area contributed by atoms with Gasteiger partial charge >= 0.3 is 6.18 Å². The zero-order valence-corrected chi connectivity index (χ0v) is 15.1. The average molecular weight is 392 g/mol. The van der Waals surface area contributed by atoms with Gasteiger partial charge in [0.25, 0.3) is 5.91 Å². The van der Waals surface area contributed by atoms with E-state index in [2.05, 4.69) is 5.32 Å². The maximum Gasteiger partial charge on any atom is 0.416 e. The molecule has 2 amide bonds. The van der Waals surface area contributed by atoms with Crippen molar-refractivity contribution in [1.82, 2.24) is 5.32 Å². The number of anilines is 1. The highest BCUT2D eigenvalue weighted by molar-refractivity contribution is 5.96. The van der Waals surface area contributed by atoms with Crippen LogP contribution in [0.3, 0.4) is 0 Å². The Morgan fingerprint density at radius 1 is 1.14 bits per heavy atom. The number of benzene rings is 2. The first-order chi connectivity index (χ1) is 13.3. The van der Waals surface area contributed by atoms with Crippen LogP contribution in [0.1, 0.15) is 22.3 Å². The molecule has 148 valence electrons. The largest absolute Gasteiger partial charge is 0.497 e. The lowest BCUT2D eigenvalue weighted by molar-refractivity contribution is -0.137. The highest BCUT2D eigenvalue weighted by Crippen LogP contribution is 2.29. The van der Waals surface area contributed by atoms with Gasteiger partial charge < -0.3 is 15.0 Å². The molecule has 1 fully saturated rings. The molecule has 1 aliphatic rings. The van der Waals surface area contributed by atoms with E-state index in [0.29, 0.717) is 18.7 Å². The van der Waals surface area contributed by atoms with E-state index >= 15 is 0 Å². The molecule has 0 spiro atoms. The predicted octanol–water partition coefficient (Wildman–Crippen LogP) is 3.50. The van der Waals surface area contributed by atoms with Crippen LogP contribution < -0.4 is 15.0 Å². The van der Waals surface area contributed by atoms with Gasteiger partial charge in [-0.2, -0.15) is 13.2 Å². The number of methoxy groups -OCH3 is 1. The lowest BCUT2D eigenvalue weighted by Crippen LogP contribution is -2.31. The van der Waals surface area contributed by atoms with Crippen molar-refractivity contribution >= 4 is 17.5 Å². The molecule has 5 nitrogen and oxygen atoms in total. The van der Waals surface area contributed by atoms with Gasteiger partial charge in [0.15, 0.2) is 0 Å². The van der Waals surface area contributed by atoms with Crippen molar-refractivity contribution < 1.29 is 27.5 Å². The first kappa shape index (κ1) is 19.7. The van der Waals surface area contributed by atoms with E-state index in [1.165, 1.54) is 0 Å². The number of hydrogen-bond donors (Lipinski definition) is 1. The summed E-state index contributed by atoms with van der Waals surface area (Å²) in [6.45, 7) is 0.719. The van der Waals surface area contributed by atoms with Crippen LogP contribution >= 0.6 is 0 Å². The van der Waals surface area contributed by atoms with Crippen LogP contribution in [0.2, 0.25) is 0 Å². The number of alkyl halides is 3. The van der Waals surface area contributed by atoms with Crippen molar-refractivity contribution in [2.75, 3.05) is 25.1 Å². The quantitative estimate of drug-likeness (QED) is 0.847. The Morgan fingerprint density at radius 2 is 1.79 bits per heavy atom. The third-order valence-electron chi connectivity index (χ3n) is 4.61. The highest BCUT2D eigenvalue weighted by atomic mass is 19.4. The number of ether oxygens (including phenoxy) is 1. The fourth-order valence-electron chi connectivity index (χ4n) is 3.08. The molecule has 1 saturated heterocycles. The van der Waals surface area contributed by atoms with Gasteiger partial charge in [0.2, 0.25) is 5.91 Å².